The molecule has 2 aromatic carbocycles. The lowest BCUT2D eigenvalue weighted by Gasteiger charge is -2.16. The molecule has 3 rings (SSSR count). The molecule has 0 bridgehead atoms. The molecular formula is C21H23N3O6S. The zero-order valence-electron chi connectivity index (χ0n) is 17.5. The fourth-order valence-corrected chi connectivity index (χ4v) is 4.27. The maximum absolute atomic E-state index is 12.6. The smallest absolute Gasteiger partial charge is 0.335 e. The third-order valence-electron chi connectivity index (χ3n) is 4.22. The van der Waals surface area contributed by atoms with Crippen molar-refractivity contribution in [2.75, 3.05) is 0 Å². The lowest BCUT2D eigenvalue weighted by atomic mass is 10.1. The van der Waals surface area contributed by atoms with Crippen LogP contribution in [0.2, 0.25) is 0 Å². The molecule has 0 aliphatic rings. The van der Waals surface area contributed by atoms with E-state index in [0.717, 1.165) is 0 Å². The molecule has 164 valence electrons. The average molecular weight is 445 g/mol. The molecule has 0 amide bonds. The van der Waals surface area contributed by atoms with Crippen molar-refractivity contribution in [1.29, 1.82) is 0 Å². The van der Waals surface area contributed by atoms with Crippen molar-refractivity contribution in [1.82, 2.24) is 14.7 Å². The molecule has 3 N–H and O–H groups in total. The van der Waals surface area contributed by atoms with Crippen LogP contribution in [0, 0.1) is 0 Å². The number of nitrogens with one attached hydrogen (secondary N) is 2. The van der Waals surface area contributed by atoms with Gasteiger partial charge >= 0.3 is 5.97 Å². The second kappa shape index (κ2) is 8.48. The highest BCUT2D eigenvalue weighted by molar-refractivity contribution is 7.89. The molecule has 1 aromatic heterocycles. The molecule has 31 heavy (non-hydrogen) atoms. The third kappa shape index (κ3) is 4.92. The predicted molar refractivity (Wildman–Crippen MR) is 116 cm³/mol. The van der Waals surface area contributed by atoms with E-state index in [-0.39, 0.29) is 39.3 Å². The number of H-pyrrole nitrogens is 1. The number of carboxylic acids is 1. The maximum Gasteiger partial charge on any atom is 0.335 e. The van der Waals surface area contributed by atoms with Gasteiger partial charge in [0.2, 0.25) is 10.0 Å². The molecule has 0 saturated heterocycles. The van der Waals surface area contributed by atoms with Gasteiger partial charge in [0.15, 0.2) is 0 Å². The Labute approximate surface area is 179 Å². The number of benzene rings is 2. The molecule has 0 saturated carbocycles. The van der Waals surface area contributed by atoms with Gasteiger partial charge in [-0.05, 0) is 64.1 Å². The van der Waals surface area contributed by atoms with Crippen LogP contribution in [-0.2, 0) is 10.0 Å². The van der Waals surface area contributed by atoms with Crippen LogP contribution >= 0.6 is 0 Å². The highest BCUT2D eigenvalue weighted by Crippen LogP contribution is 2.31. The fraction of sp³-hybridized carbons (Fsp3) is 0.286. The third-order valence-corrected chi connectivity index (χ3v) is 5.88. The Hall–Kier alpha value is -3.24. The minimum atomic E-state index is -3.79. The number of sulfonamides is 1. The van der Waals surface area contributed by atoms with Crippen LogP contribution in [-0.4, -0.2) is 41.6 Å². The van der Waals surface area contributed by atoms with E-state index in [1.165, 1.54) is 36.4 Å². The number of hydrogen-bond acceptors (Lipinski definition) is 6. The second-order valence-electron chi connectivity index (χ2n) is 7.55. The monoisotopic (exact) mass is 445 g/mol. The zero-order chi connectivity index (χ0) is 22.9. The first-order valence-electron chi connectivity index (χ1n) is 9.58. The summed E-state index contributed by atoms with van der Waals surface area (Å²) >= 11 is 0. The summed E-state index contributed by atoms with van der Waals surface area (Å²) in [6.45, 7) is 7.06. The number of carbonyl (C=O) groups is 1. The first-order chi connectivity index (χ1) is 14.5. The molecule has 9 nitrogen and oxygen atoms in total. The SMILES string of the molecule is CC(C)NS(=O)(=O)c1ccc(OC(C)C)c(-c2nc3ccc(C(=O)O)cc3c(=O)[nH]2)c1. The quantitative estimate of drug-likeness (QED) is 0.508. The van der Waals surface area contributed by atoms with Gasteiger partial charge in [-0.15, -0.1) is 0 Å². The second-order valence-corrected chi connectivity index (χ2v) is 9.27. The van der Waals surface area contributed by atoms with Crippen molar-refractivity contribution in [3.63, 3.8) is 0 Å². The van der Waals surface area contributed by atoms with Gasteiger partial charge in [0.25, 0.3) is 5.56 Å². The Morgan fingerprint density at radius 3 is 2.45 bits per heavy atom. The number of aromatic amines is 1. The molecule has 0 fully saturated rings. The van der Waals surface area contributed by atoms with Gasteiger partial charge in [0.05, 0.1) is 33.0 Å². The van der Waals surface area contributed by atoms with Crippen molar-refractivity contribution in [2.24, 2.45) is 0 Å². The summed E-state index contributed by atoms with van der Waals surface area (Å²) in [4.78, 5) is 30.9. The van der Waals surface area contributed by atoms with E-state index in [1.54, 1.807) is 13.8 Å². The van der Waals surface area contributed by atoms with E-state index in [2.05, 4.69) is 14.7 Å². The molecule has 1 heterocycles. The van der Waals surface area contributed by atoms with E-state index in [4.69, 9.17) is 9.84 Å². The molecular weight excluding hydrogens is 422 g/mol. The summed E-state index contributed by atoms with van der Waals surface area (Å²) in [5.74, 6) is -0.700. The van der Waals surface area contributed by atoms with Crippen LogP contribution < -0.4 is 15.0 Å². The number of nitrogens with zero attached hydrogens (tertiary/aromatic N) is 1. The number of hydrogen-bond donors (Lipinski definition) is 3. The summed E-state index contributed by atoms with van der Waals surface area (Å²) in [5, 5.41) is 9.26. The van der Waals surface area contributed by atoms with Gasteiger partial charge in [-0.25, -0.2) is 22.9 Å². The Bertz CT molecular complexity index is 1310. The van der Waals surface area contributed by atoms with Crippen LogP contribution in [0.3, 0.4) is 0 Å². The molecule has 10 heteroatoms. The number of ether oxygens (including phenoxy) is 1. The van der Waals surface area contributed by atoms with Gasteiger partial charge in [0.1, 0.15) is 11.6 Å². The van der Waals surface area contributed by atoms with Crippen molar-refractivity contribution < 1.29 is 23.1 Å². The fourth-order valence-electron chi connectivity index (χ4n) is 3.00. The Morgan fingerprint density at radius 2 is 1.84 bits per heavy atom. The Kier molecular flexibility index (Phi) is 6.14. The van der Waals surface area contributed by atoms with Crippen molar-refractivity contribution in [3.05, 3.63) is 52.3 Å². The summed E-state index contributed by atoms with van der Waals surface area (Å²) in [6, 6.07) is 8.04. The van der Waals surface area contributed by atoms with Gasteiger partial charge in [-0.1, -0.05) is 0 Å². The van der Waals surface area contributed by atoms with Gasteiger partial charge in [0, 0.05) is 6.04 Å². The van der Waals surface area contributed by atoms with Crippen LogP contribution in [0.15, 0.2) is 46.1 Å². The van der Waals surface area contributed by atoms with Crippen molar-refractivity contribution in [3.8, 4) is 17.1 Å². The maximum atomic E-state index is 12.6. The highest BCUT2D eigenvalue weighted by Gasteiger charge is 2.20. The molecule has 0 radical (unpaired) electrons. The highest BCUT2D eigenvalue weighted by atomic mass is 32.2. The lowest BCUT2D eigenvalue weighted by Crippen LogP contribution is -2.30. The summed E-state index contributed by atoms with van der Waals surface area (Å²) in [7, 11) is -3.79. The summed E-state index contributed by atoms with van der Waals surface area (Å²) < 4.78 is 33.6. The normalized spacial score (nSPS) is 11.9. The molecule has 0 aliphatic heterocycles. The summed E-state index contributed by atoms with van der Waals surface area (Å²) in [5.41, 5.74) is -0.0224. The molecule has 0 spiro atoms. The molecule has 0 unspecified atom stereocenters. The number of fused-ring (bicyclic) bond motifs is 1. The minimum absolute atomic E-state index is 0.00345. The number of aromatic nitrogens is 2. The average Bonchev–Trinajstić information content (AvgIpc) is 2.66. The minimum Gasteiger partial charge on any atom is -0.490 e. The largest absolute Gasteiger partial charge is 0.490 e. The van der Waals surface area contributed by atoms with E-state index < -0.39 is 21.6 Å². The predicted octanol–water partition coefficient (Wildman–Crippen LogP) is 2.76. The molecule has 3 aromatic rings. The number of carboxylic acid groups (broad SMARTS) is 1. The van der Waals surface area contributed by atoms with E-state index >= 15 is 0 Å². The molecule has 0 aliphatic carbocycles. The standard InChI is InChI=1S/C21H23N3O6S/c1-11(2)24-31(28,29)14-6-8-18(30-12(3)4)16(10-14)19-22-17-7-5-13(21(26)27)9-15(17)20(25)23-19/h5-12,24H,1-4H3,(H,26,27)(H,22,23,25). The summed E-state index contributed by atoms with van der Waals surface area (Å²) in [6.07, 6.45) is -0.208. The van der Waals surface area contributed by atoms with Crippen molar-refractivity contribution in [2.45, 2.75) is 44.7 Å². The van der Waals surface area contributed by atoms with E-state index in [0.29, 0.717) is 11.3 Å². The number of rotatable bonds is 7. The number of aromatic carboxylic acids is 1. The first-order valence-corrected chi connectivity index (χ1v) is 11.1. The lowest BCUT2D eigenvalue weighted by molar-refractivity contribution is 0.0697. The Morgan fingerprint density at radius 1 is 1.13 bits per heavy atom. The van der Waals surface area contributed by atoms with Crippen LogP contribution in [0.25, 0.3) is 22.3 Å². The van der Waals surface area contributed by atoms with Gasteiger partial charge in [-0.3, -0.25) is 4.79 Å². The van der Waals surface area contributed by atoms with Gasteiger partial charge < -0.3 is 14.8 Å². The van der Waals surface area contributed by atoms with Crippen molar-refractivity contribution >= 4 is 26.9 Å². The van der Waals surface area contributed by atoms with Gasteiger partial charge in [-0.2, -0.15) is 0 Å². The van der Waals surface area contributed by atoms with E-state index in [1.807, 2.05) is 13.8 Å². The van der Waals surface area contributed by atoms with Crippen LogP contribution in [0.1, 0.15) is 38.1 Å². The van der Waals surface area contributed by atoms with Crippen LogP contribution in [0.5, 0.6) is 5.75 Å². The van der Waals surface area contributed by atoms with E-state index in [9.17, 15) is 18.0 Å². The van der Waals surface area contributed by atoms with Crippen LogP contribution in [0.4, 0.5) is 0 Å². The topological polar surface area (TPSA) is 138 Å². The Balaban J connectivity index is 2.22. The zero-order valence-corrected chi connectivity index (χ0v) is 18.3. The molecule has 0 atom stereocenters. The first kappa shape index (κ1) is 22.4.